The Bertz CT molecular complexity index is 459. The van der Waals surface area contributed by atoms with E-state index in [1.165, 1.54) is 0 Å². The fourth-order valence-electron chi connectivity index (χ4n) is 2.16. The standard InChI is InChI=1S/C18H25NO2/c1-3-4-13-21-18-9-7-17(8-10-18)6-5-16(2)19-11-14-20-15-12-19/h5-10H,2-4,11-15H2,1H3/b6-5+. The van der Waals surface area contributed by atoms with Gasteiger partial charge in [0, 0.05) is 18.8 Å². The fraction of sp³-hybridized carbons (Fsp3) is 0.444. The van der Waals surface area contributed by atoms with E-state index in [0.29, 0.717) is 0 Å². The Morgan fingerprint density at radius 2 is 2.00 bits per heavy atom. The molecule has 0 atom stereocenters. The molecule has 0 saturated carbocycles. The first-order valence-electron chi connectivity index (χ1n) is 7.72. The Morgan fingerprint density at radius 1 is 1.29 bits per heavy atom. The second kappa shape index (κ2) is 8.53. The lowest BCUT2D eigenvalue weighted by atomic mass is 10.2. The van der Waals surface area contributed by atoms with Crippen molar-refractivity contribution in [2.75, 3.05) is 32.9 Å². The lowest BCUT2D eigenvalue weighted by Gasteiger charge is -2.28. The monoisotopic (exact) mass is 287 g/mol. The number of hydrogen-bond donors (Lipinski definition) is 0. The average molecular weight is 287 g/mol. The molecule has 3 nitrogen and oxygen atoms in total. The zero-order valence-corrected chi connectivity index (χ0v) is 12.9. The average Bonchev–Trinajstić information content (AvgIpc) is 2.55. The molecule has 1 saturated heterocycles. The van der Waals surface area contributed by atoms with Crippen molar-refractivity contribution in [3.05, 3.63) is 48.2 Å². The summed E-state index contributed by atoms with van der Waals surface area (Å²) in [5.74, 6) is 0.938. The highest BCUT2D eigenvalue weighted by Gasteiger charge is 2.09. The molecule has 1 aliphatic heterocycles. The van der Waals surface area contributed by atoms with Crippen LogP contribution in [-0.4, -0.2) is 37.8 Å². The van der Waals surface area contributed by atoms with Crippen LogP contribution in [0.1, 0.15) is 25.3 Å². The summed E-state index contributed by atoms with van der Waals surface area (Å²) in [6.07, 6.45) is 6.41. The zero-order valence-electron chi connectivity index (χ0n) is 12.9. The summed E-state index contributed by atoms with van der Waals surface area (Å²) in [6, 6.07) is 8.19. The minimum Gasteiger partial charge on any atom is -0.494 e. The van der Waals surface area contributed by atoms with Crippen LogP contribution in [-0.2, 0) is 4.74 Å². The quantitative estimate of drug-likeness (QED) is 0.563. The van der Waals surface area contributed by atoms with Crippen molar-refractivity contribution in [2.45, 2.75) is 19.8 Å². The van der Waals surface area contributed by atoms with Gasteiger partial charge in [-0.05, 0) is 30.2 Å². The van der Waals surface area contributed by atoms with E-state index < -0.39 is 0 Å². The van der Waals surface area contributed by atoms with E-state index in [4.69, 9.17) is 9.47 Å². The van der Waals surface area contributed by atoms with Crippen LogP contribution >= 0.6 is 0 Å². The number of rotatable bonds is 7. The SMILES string of the molecule is C=C(/C=C/c1ccc(OCCCC)cc1)N1CCOCC1. The van der Waals surface area contributed by atoms with Gasteiger partial charge in [-0.15, -0.1) is 0 Å². The molecule has 21 heavy (non-hydrogen) atoms. The molecule has 0 amide bonds. The fourth-order valence-corrected chi connectivity index (χ4v) is 2.16. The zero-order chi connectivity index (χ0) is 14.9. The minimum atomic E-state index is 0.788. The number of allylic oxidation sites excluding steroid dienone is 1. The summed E-state index contributed by atoms with van der Waals surface area (Å²) >= 11 is 0. The summed E-state index contributed by atoms with van der Waals surface area (Å²) in [6.45, 7) is 10.5. The third-order valence-corrected chi connectivity index (χ3v) is 3.53. The predicted molar refractivity (Wildman–Crippen MR) is 87.4 cm³/mol. The summed E-state index contributed by atoms with van der Waals surface area (Å²) in [7, 11) is 0. The Hall–Kier alpha value is -1.74. The van der Waals surface area contributed by atoms with Crippen LogP contribution in [0.3, 0.4) is 0 Å². The number of unbranched alkanes of at least 4 members (excludes halogenated alkanes) is 1. The maximum Gasteiger partial charge on any atom is 0.119 e. The number of hydrogen-bond acceptors (Lipinski definition) is 3. The van der Waals surface area contributed by atoms with Crippen molar-refractivity contribution in [1.29, 1.82) is 0 Å². The van der Waals surface area contributed by atoms with E-state index in [9.17, 15) is 0 Å². The van der Waals surface area contributed by atoms with Crippen LogP contribution in [0, 0.1) is 0 Å². The second-order valence-electron chi connectivity index (χ2n) is 5.20. The van der Waals surface area contributed by atoms with Crippen LogP contribution in [0.2, 0.25) is 0 Å². The molecule has 2 rings (SSSR count). The lowest BCUT2D eigenvalue weighted by Crippen LogP contribution is -2.34. The molecule has 0 unspecified atom stereocenters. The molecule has 0 aromatic heterocycles. The Morgan fingerprint density at radius 3 is 2.67 bits per heavy atom. The van der Waals surface area contributed by atoms with Gasteiger partial charge in [0.05, 0.1) is 19.8 Å². The van der Waals surface area contributed by atoms with E-state index in [-0.39, 0.29) is 0 Å². The van der Waals surface area contributed by atoms with Crippen LogP contribution in [0.25, 0.3) is 6.08 Å². The number of ether oxygens (including phenoxy) is 2. The van der Waals surface area contributed by atoms with Crippen molar-refractivity contribution < 1.29 is 9.47 Å². The highest BCUT2D eigenvalue weighted by atomic mass is 16.5. The highest BCUT2D eigenvalue weighted by molar-refractivity contribution is 5.53. The molecule has 0 spiro atoms. The number of nitrogens with zero attached hydrogens (tertiary/aromatic N) is 1. The molecule has 1 aliphatic rings. The maximum absolute atomic E-state index is 5.66. The van der Waals surface area contributed by atoms with Crippen molar-refractivity contribution >= 4 is 6.08 Å². The molecule has 0 N–H and O–H groups in total. The van der Waals surface area contributed by atoms with Crippen LogP contribution in [0.15, 0.2) is 42.6 Å². The lowest BCUT2D eigenvalue weighted by molar-refractivity contribution is 0.0556. The van der Waals surface area contributed by atoms with Crippen LogP contribution in [0.4, 0.5) is 0 Å². The molecule has 114 valence electrons. The molecule has 3 heteroatoms. The summed E-state index contributed by atoms with van der Waals surface area (Å²) in [5, 5.41) is 0. The molecule has 0 bridgehead atoms. The van der Waals surface area contributed by atoms with Crippen LogP contribution in [0.5, 0.6) is 5.75 Å². The molecule has 1 fully saturated rings. The predicted octanol–water partition coefficient (Wildman–Crippen LogP) is 3.72. The van der Waals surface area contributed by atoms with E-state index in [2.05, 4.69) is 42.7 Å². The van der Waals surface area contributed by atoms with E-state index >= 15 is 0 Å². The first-order valence-corrected chi connectivity index (χ1v) is 7.72. The molecule has 1 aromatic rings. The van der Waals surface area contributed by atoms with E-state index in [1.807, 2.05) is 12.1 Å². The Balaban J connectivity index is 1.84. The van der Waals surface area contributed by atoms with Crippen molar-refractivity contribution in [1.82, 2.24) is 4.90 Å². The van der Waals surface area contributed by atoms with Crippen molar-refractivity contribution in [3.63, 3.8) is 0 Å². The molecular weight excluding hydrogens is 262 g/mol. The third kappa shape index (κ3) is 5.27. The summed E-state index contributed by atoms with van der Waals surface area (Å²) in [4.78, 5) is 2.25. The van der Waals surface area contributed by atoms with Gasteiger partial charge >= 0.3 is 0 Å². The third-order valence-electron chi connectivity index (χ3n) is 3.53. The number of benzene rings is 1. The summed E-state index contributed by atoms with van der Waals surface area (Å²) in [5.41, 5.74) is 2.20. The highest BCUT2D eigenvalue weighted by Crippen LogP contribution is 2.15. The van der Waals surface area contributed by atoms with Gasteiger partial charge in [0.2, 0.25) is 0 Å². The first kappa shape index (κ1) is 15.6. The second-order valence-corrected chi connectivity index (χ2v) is 5.20. The van der Waals surface area contributed by atoms with Crippen LogP contribution < -0.4 is 4.74 Å². The van der Waals surface area contributed by atoms with Crippen molar-refractivity contribution in [2.24, 2.45) is 0 Å². The van der Waals surface area contributed by atoms with Gasteiger partial charge in [0.1, 0.15) is 5.75 Å². The van der Waals surface area contributed by atoms with Gasteiger partial charge in [-0.2, -0.15) is 0 Å². The van der Waals surface area contributed by atoms with E-state index in [0.717, 1.165) is 62.8 Å². The molecule has 0 radical (unpaired) electrons. The Labute approximate surface area is 127 Å². The minimum absolute atomic E-state index is 0.788. The molecule has 0 aliphatic carbocycles. The van der Waals surface area contributed by atoms with Gasteiger partial charge in [-0.1, -0.05) is 38.1 Å². The molecule has 1 aromatic carbocycles. The smallest absolute Gasteiger partial charge is 0.119 e. The first-order chi connectivity index (χ1) is 10.3. The van der Waals surface area contributed by atoms with Gasteiger partial charge < -0.3 is 14.4 Å². The van der Waals surface area contributed by atoms with Crippen molar-refractivity contribution in [3.8, 4) is 5.75 Å². The number of morpholine rings is 1. The normalized spacial score (nSPS) is 15.4. The molecular formula is C18H25NO2. The van der Waals surface area contributed by atoms with E-state index in [1.54, 1.807) is 0 Å². The Kier molecular flexibility index (Phi) is 6.35. The summed E-state index contributed by atoms with van der Waals surface area (Å²) < 4.78 is 11.0. The van der Waals surface area contributed by atoms with Gasteiger partial charge in [-0.3, -0.25) is 0 Å². The topological polar surface area (TPSA) is 21.7 Å². The van der Waals surface area contributed by atoms with Gasteiger partial charge in [-0.25, -0.2) is 0 Å². The van der Waals surface area contributed by atoms with Gasteiger partial charge in [0.15, 0.2) is 0 Å². The van der Waals surface area contributed by atoms with Gasteiger partial charge in [0.25, 0.3) is 0 Å². The largest absolute Gasteiger partial charge is 0.494 e. The molecule has 1 heterocycles. The maximum atomic E-state index is 5.66.